The highest BCUT2D eigenvalue weighted by molar-refractivity contribution is 5.89. The molecule has 1 aromatic heterocycles. The molecular weight excluding hydrogens is 324 g/mol. The predicted molar refractivity (Wildman–Crippen MR) is 104 cm³/mol. The fourth-order valence-corrected chi connectivity index (χ4v) is 3.67. The molecule has 1 aliphatic rings. The van der Waals surface area contributed by atoms with E-state index in [0.717, 1.165) is 48.6 Å². The topological polar surface area (TPSA) is 66.9 Å². The lowest BCUT2D eigenvalue weighted by Gasteiger charge is -2.30. The quantitative estimate of drug-likeness (QED) is 0.835. The second-order valence-electron chi connectivity index (χ2n) is 7.35. The Kier molecular flexibility index (Phi) is 5.55. The smallest absolute Gasteiger partial charge is 0.245 e. The van der Waals surface area contributed by atoms with Crippen LogP contribution < -0.4 is 10.6 Å². The molecule has 1 aromatic carbocycles. The molecule has 2 aromatic rings. The van der Waals surface area contributed by atoms with Gasteiger partial charge in [-0.05, 0) is 51.8 Å². The summed E-state index contributed by atoms with van der Waals surface area (Å²) < 4.78 is 0. The maximum Gasteiger partial charge on any atom is 0.245 e. The van der Waals surface area contributed by atoms with Crippen LogP contribution >= 0.6 is 0 Å². The Balaban J connectivity index is 1.62. The number of nitrogens with zero attached hydrogens (tertiary/aromatic N) is 2. The zero-order valence-corrected chi connectivity index (χ0v) is 15.9. The van der Waals surface area contributed by atoms with Gasteiger partial charge in [0.15, 0.2) is 0 Å². The van der Waals surface area contributed by atoms with Crippen molar-refractivity contribution in [3.63, 3.8) is 0 Å². The van der Waals surface area contributed by atoms with Gasteiger partial charge in [0.1, 0.15) is 11.4 Å². The lowest BCUT2D eigenvalue weighted by molar-refractivity contribution is -0.125. The SMILES string of the molecule is Cc1ccc(NC2(C(=O)NCCc3nc(C)cc(C)n3)CCCC2)cc1. The zero-order chi connectivity index (χ0) is 18.6. The number of carbonyl (C=O) groups is 1. The fourth-order valence-electron chi connectivity index (χ4n) is 3.67. The monoisotopic (exact) mass is 352 g/mol. The van der Waals surface area contributed by atoms with Crippen molar-refractivity contribution in [3.8, 4) is 0 Å². The van der Waals surface area contributed by atoms with Gasteiger partial charge in [-0.1, -0.05) is 30.5 Å². The average Bonchev–Trinajstić information content (AvgIpc) is 3.06. The van der Waals surface area contributed by atoms with Gasteiger partial charge in [-0.15, -0.1) is 0 Å². The normalized spacial score (nSPS) is 15.7. The number of nitrogens with one attached hydrogen (secondary N) is 2. The van der Waals surface area contributed by atoms with Gasteiger partial charge in [-0.25, -0.2) is 9.97 Å². The van der Waals surface area contributed by atoms with Crippen LogP contribution in [0.4, 0.5) is 5.69 Å². The summed E-state index contributed by atoms with van der Waals surface area (Å²) >= 11 is 0. The molecule has 2 N–H and O–H groups in total. The van der Waals surface area contributed by atoms with E-state index in [1.54, 1.807) is 0 Å². The standard InChI is InChI=1S/C21H28N4O/c1-15-6-8-18(9-7-15)25-21(11-4-5-12-21)20(26)22-13-10-19-23-16(2)14-17(3)24-19/h6-9,14,25H,4-5,10-13H2,1-3H3,(H,22,26). The summed E-state index contributed by atoms with van der Waals surface area (Å²) in [6.07, 6.45) is 4.54. The van der Waals surface area contributed by atoms with Gasteiger partial charge in [-0.2, -0.15) is 0 Å². The number of hydrogen-bond donors (Lipinski definition) is 2. The lowest BCUT2D eigenvalue weighted by Crippen LogP contribution is -2.51. The molecular formula is C21H28N4O. The van der Waals surface area contributed by atoms with Crippen molar-refractivity contribution in [1.82, 2.24) is 15.3 Å². The van der Waals surface area contributed by atoms with Crippen molar-refractivity contribution in [2.24, 2.45) is 0 Å². The van der Waals surface area contributed by atoms with Crippen LogP contribution in [-0.4, -0.2) is 28.0 Å². The van der Waals surface area contributed by atoms with Crippen molar-refractivity contribution in [1.29, 1.82) is 0 Å². The number of hydrogen-bond acceptors (Lipinski definition) is 4. The van der Waals surface area contributed by atoms with Crippen molar-refractivity contribution in [2.75, 3.05) is 11.9 Å². The van der Waals surface area contributed by atoms with E-state index in [0.29, 0.717) is 13.0 Å². The van der Waals surface area contributed by atoms with Gasteiger partial charge in [0.2, 0.25) is 5.91 Å². The second-order valence-corrected chi connectivity index (χ2v) is 7.35. The zero-order valence-electron chi connectivity index (χ0n) is 15.9. The minimum atomic E-state index is -0.501. The van der Waals surface area contributed by atoms with Gasteiger partial charge in [0.05, 0.1) is 0 Å². The van der Waals surface area contributed by atoms with Crippen LogP contribution in [0.1, 0.15) is 48.5 Å². The van der Waals surface area contributed by atoms with Gasteiger partial charge in [-0.3, -0.25) is 4.79 Å². The molecule has 0 radical (unpaired) electrons. The van der Waals surface area contributed by atoms with E-state index in [1.807, 2.05) is 32.0 Å². The molecule has 1 saturated carbocycles. The first-order chi connectivity index (χ1) is 12.5. The molecule has 0 aliphatic heterocycles. The maximum absolute atomic E-state index is 12.9. The minimum absolute atomic E-state index is 0.0833. The molecule has 1 amide bonds. The van der Waals surface area contributed by atoms with Crippen LogP contribution in [0.3, 0.4) is 0 Å². The first kappa shape index (κ1) is 18.4. The van der Waals surface area contributed by atoms with Gasteiger partial charge >= 0.3 is 0 Å². The Morgan fingerprint density at radius 3 is 2.27 bits per heavy atom. The number of benzene rings is 1. The van der Waals surface area contributed by atoms with Crippen LogP contribution in [-0.2, 0) is 11.2 Å². The molecule has 5 nitrogen and oxygen atoms in total. The largest absolute Gasteiger partial charge is 0.371 e. The summed E-state index contributed by atoms with van der Waals surface area (Å²) in [6.45, 7) is 6.56. The molecule has 1 fully saturated rings. The molecule has 0 atom stereocenters. The van der Waals surface area contributed by atoms with Crippen LogP contribution in [0.5, 0.6) is 0 Å². The van der Waals surface area contributed by atoms with Crippen molar-refractivity contribution in [2.45, 2.75) is 58.4 Å². The first-order valence-electron chi connectivity index (χ1n) is 9.41. The van der Waals surface area contributed by atoms with E-state index in [4.69, 9.17) is 0 Å². The van der Waals surface area contributed by atoms with E-state index in [9.17, 15) is 4.79 Å². The number of carbonyl (C=O) groups excluding carboxylic acids is 1. The average molecular weight is 352 g/mol. The molecule has 1 aliphatic carbocycles. The van der Waals surface area contributed by atoms with Crippen molar-refractivity contribution >= 4 is 11.6 Å². The molecule has 1 heterocycles. The first-order valence-corrected chi connectivity index (χ1v) is 9.41. The number of aryl methyl sites for hydroxylation is 3. The molecule has 0 bridgehead atoms. The number of amides is 1. The van der Waals surface area contributed by atoms with Crippen LogP contribution in [0.15, 0.2) is 30.3 Å². The molecule has 26 heavy (non-hydrogen) atoms. The van der Waals surface area contributed by atoms with Crippen molar-refractivity contribution < 1.29 is 4.79 Å². The summed E-state index contributed by atoms with van der Waals surface area (Å²) in [4.78, 5) is 21.8. The third kappa shape index (κ3) is 4.40. The van der Waals surface area contributed by atoms with E-state index in [1.165, 1.54) is 5.56 Å². The molecule has 138 valence electrons. The fraction of sp³-hybridized carbons (Fsp3) is 0.476. The Bertz CT molecular complexity index is 744. The molecule has 0 unspecified atom stereocenters. The van der Waals surface area contributed by atoms with Gasteiger partial charge in [0.25, 0.3) is 0 Å². The third-order valence-electron chi connectivity index (χ3n) is 4.99. The maximum atomic E-state index is 12.9. The number of anilines is 1. The van der Waals surface area contributed by atoms with E-state index < -0.39 is 5.54 Å². The lowest BCUT2D eigenvalue weighted by atomic mass is 9.95. The van der Waals surface area contributed by atoms with Crippen LogP contribution in [0.25, 0.3) is 0 Å². The van der Waals surface area contributed by atoms with Gasteiger partial charge < -0.3 is 10.6 Å². The predicted octanol–water partition coefficient (Wildman–Crippen LogP) is 3.49. The van der Waals surface area contributed by atoms with Crippen LogP contribution in [0.2, 0.25) is 0 Å². The summed E-state index contributed by atoms with van der Waals surface area (Å²) in [7, 11) is 0. The van der Waals surface area contributed by atoms with Gasteiger partial charge in [0, 0.05) is 30.0 Å². The second kappa shape index (κ2) is 7.85. The van der Waals surface area contributed by atoms with E-state index >= 15 is 0 Å². The van der Waals surface area contributed by atoms with E-state index in [2.05, 4.69) is 39.7 Å². The number of rotatable bonds is 6. The Morgan fingerprint density at radius 1 is 1.04 bits per heavy atom. The highest BCUT2D eigenvalue weighted by Gasteiger charge is 2.40. The summed E-state index contributed by atoms with van der Waals surface area (Å²) in [6, 6.07) is 10.2. The highest BCUT2D eigenvalue weighted by Crippen LogP contribution is 2.33. The molecule has 0 saturated heterocycles. The van der Waals surface area contributed by atoms with Crippen LogP contribution in [0, 0.1) is 20.8 Å². The molecule has 3 rings (SSSR count). The summed E-state index contributed by atoms with van der Waals surface area (Å²) in [5.41, 5.74) is 3.65. The Morgan fingerprint density at radius 2 is 1.65 bits per heavy atom. The summed E-state index contributed by atoms with van der Waals surface area (Å²) in [5, 5.41) is 6.61. The van der Waals surface area contributed by atoms with Crippen molar-refractivity contribution in [3.05, 3.63) is 53.1 Å². The van der Waals surface area contributed by atoms with E-state index in [-0.39, 0.29) is 5.91 Å². The Labute approximate surface area is 155 Å². The molecule has 0 spiro atoms. The molecule has 5 heteroatoms. The highest BCUT2D eigenvalue weighted by atomic mass is 16.2. The Hall–Kier alpha value is -2.43. The minimum Gasteiger partial charge on any atom is -0.371 e. The third-order valence-corrected chi connectivity index (χ3v) is 4.99. The number of aromatic nitrogens is 2. The summed E-state index contributed by atoms with van der Waals surface area (Å²) in [5.74, 6) is 0.870.